The van der Waals surface area contributed by atoms with Crippen LogP contribution in [-0.4, -0.2) is 0 Å². The predicted octanol–water partition coefficient (Wildman–Crippen LogP) is 10.5. The van der Waals surface area contributed by atoms with E-state index >= 15 is 0 Å². The normalized spacial score (nSPS) is 16.7. The van der Waals surface area contributed by atoms with Gasteiger partial charge < -0.3 is 0 Å². The third-order valence-electron chi connectivity index (χ3n) is 8.07. The molecule has 4 rings (SSSR count). The van der Waals surface area contributed by atoms with Gasteiger partial charge in [0.2, 0.25) is 0 Å². The molecule has 1 aliphatic rings. The maximum Gasteiger partial charge on any atom is 0.0963 e. The van der Waals surface area contributed by atoms with E-state index in [1.54, 1.807) is 0 Å². The third kappa shape index (κ3) is 6.64. The molecule has 3 aromatic carbocycles. The van der Waals surface area contributed by atoms with Crippen LogP contribution in [0.4, 0.5) is 5.69 Å². The molecule has 0 fully saturated rings. The molecule has 0 aliphatic carbocycles. The molecule has 2 nitrogen and oxygen atoms in total. The highest BCUT2D eigenvalue weighted by molar-refractivity contribution is 5.65. The minimum atomic E-state index is 0.0125. The average Bonchev–Trinajstić information content (AvgIpc) is 3.29. The average molecular weight is 549 g/mol. The Morgan fingerprint density at radius 1 is 0.537 bits per heavy atom. The molecule has 0 radical (unpaired) electrons. The van der Waals surface area contributed by atoms with Crippen molar-refractivity contribution in [2.75, 3.05) is 5.01 Å². The van der Waals surface area contributed by atoms with Gasteiger partial charge in [0.1, 0.15) is 0 Å². The van der Waals surface area contributed by atoms with Gasteiger partial charge in [0, 0.05) is 0 Å². The van der Waals surface area contributed by atoms with E-state index in [1.807, 2.05) is 0 Å². The summed E-state index contributed by atoms with van der Waals surface area (Å²) in [5, 5.41) is 2.35. The molecule has 0 saturated heterocycles. The molecule has 1 aliphatic heterocycles. The molecule has 0 saturated carbocycles. The van der Waals surface area contributed by atoms with Gasteiger partial charge >= 0.3 is 0 Å². The Morgan fingerprint density at radius 3 is 1.41 bits per heavy atom. The summed E-state index contributed by atoms with van der Waals surface area (Å²) in [5.41, 5.74) is 14.5. The molecule has 1 N–H and O–H groups in total. The van der Waals surface area contributed by atoms with Crippen molar-refractivity contribution < 1.29 is 0 Å². The molecule has 0 spiro atoms. The number of para-hydroxylation sites is 1. The first-order chi connectivity index (χ1) is 18.9. The SMILES string of the molecule is CC(C)(C)c1cccc(C(C)(C)C)c1C=CC1=CC(c2c(C(C)(C)C)cccc2C(C)(C)C)N(c2ccccc2)N1. The summed E-state index contributed by atoms with van der Waals surface area (Å²) < 4.78 is 0. The van der Waals surface area contributed by atoms with Gasteiger partial charge in [0.05, 0.1) is 17.4 Å². The Balaban J connectivity index is 1.92. The molecule has 0 bridgehead atoms. The van der Waals surface area contributed by atoms with Crippen molar-refractivity contribution in [3.63, 3.8) is 0 Å². The molecule has 1 atom stereocenters. The standard InChI is InChI=1S/C39H52N2/c1-36(2,3)30-20-16-21-31(37(4,5)6)29(30)25-24-27-26-34(41(40-27)28-18-14-13-15-19-28)35-32(38(7,8)9)22-17-23-33(35)39(10,11)12/h13-26,34,40H,1-12H3. The summed E-state index contributed by atoms with van der Waals surface area (Å²) in [7, 11) is 0. The van der Waals surface area contributed by atoms with Gasteiger partial charge in [-0.25, -0.2) is 0 Å². The van der Waals surface area contributed by atoms with Crippen LogP contribution in [0, 0.1) is 0 Å². The number of nitrogens with one attached hydrogen (secondary N) is 1. The fourth-order valence-corrected chi connectivity index (χ4v) is 6.03. The van der Waals surface area contributed by atoms with Crippen LogP contribution in [0.2, 0.25) is 0 Å². The summed E-state index contributed by atoms with van der Waals surface area (Å²) >= 11 is 0. The van der Waals surface area contributed by atoms with Crippen LogP contribution < -0.4 is 10.4 Å². The van der Waals surface area contributed by atoms with Crippen LogP contribution in [0.1, 0.15) is 123 Å². The van der Waals surface area contributed by atoms with E-state index < -0.39 is 0 Å². The molecule has 41 heavy (non-hydrogen) atoms. The first-order valence-corrected chi connectivity index (χ1v) is 15.2. The van der Waals surface area contributed by atoms with Crippen LogP contribution in [-0.2, 0) is 21.7 Å². The van der Waals surface area contributed by atoms with Gasteiger partial charge in [-0.15, -0.1) is 0 Å². The fraction of sp³-hybridized carbons (Fsp3) is 0.436. The molecule has 2 heteroatoms. The zero-order valence-electron chi connectivity index (χ0n) is 27.6. The molecule has 3 aromatic rings. The van der Waals surface area contributed by atoms with Crippen LogP contribution in [0.25, 0.3) is 6.08 Å². The summed E-state index contributed by atoms with van der Waals surface area (Å²) in [6.45, 7) is 27.8. The van der Waals surface area contributed by atoms with Gasteiger partial charge in [-0.05, 0) is 79.3 Å². The Morgan fingerprint density at radius 2 is 0.976 bits per heavy atom. The van der Waals surface area contributed by atoms with E-state index in [-0.39, 0.29) is 27.7 Å². The highest BCUT2D eigenvalue weighted by atomic mass is 15.5. The minimum Gasteiger partial charge on any atom is -0.298 e. The maximum atomic E-state index is 3.81. The smallest absolute Gasteiger partial charge is 0.0963 e. The second-order valence-electron chi connectivity index (χ2n) is 15.8. The lowest BCUT2D eigenvalue weighted by molar-refractivity contribution is 0.543. The van der Waals surface area contributed by atoms with Crippen molar-refractivity contribution in [2.45, 2.75) is 111 Å². The van der Waals surface area contributed by atoms with Crippen molar-refractivity contribution >= 4 is 11.8 Å². The molecule has 0 aromatic heterocycles. The van der Waals surface area contributed by atoms with Crippen molar-refractivity contribution in [1.82, 2.24) is 5.43 Å². The van der Waals surface area contributed by atoms with Crippen LogP contribution in [0.3, 0.4) is 0 Å². The monoisotopic (exact) mass is 548 g/mol. The summed E-state index contributed by atoms with van der Waals surface area (Å²) in [5.74, 6) is 0. The lowest BCUT2D eigenvalue weighted by atomic mass is 9.74. The molecular weight excluding hydrogens is 496 g/mol. The third-order valence-corrected chi connectivity index (χ3v) is 8.07. The summed E-state index contributed by atoms with van der Waals surface area (Å²) in [6.07, 6.45) is 7.04. The lowest BCUT2D eigenvalue weighted by Gasteiger charge is -2.36. The van der Waals surface area contributed by atoms with Crippen LogP contribution in [0.15, 0.2) is 84.6 Å². The van der Waals surface area contributed by atoms with Gasteiger partial charge in [-0.2, -0.15) is 0 Å². The Labute approximate surface area is 250 Å². The number of nitrogens with zero attached hydrogens (tertiary/aromatic N) is 1. The topological polar surface area (TPSA) is 15.3 Å². The fourth-order valence-electron chi connectivity index (χ4n) is 6.03. The highest BCUT2D eigenvalue weighted by Gasteiger charge is 2.35. The number of anilines is 1. The second kappa shape index (κ2) is 10.9. The Kier molecular flexibility index (Phi) is 8.13. The molecule has 218 valence electrons. The van der Waals surface area contributed by atoms with Crippen molar-refractivity contribution in [1.29, 1.82) is 0 Å². The van der Waals surface area contributed by atoms with E-state index in [1.165, 1.54) is 33.4 Å². The maximum absolute atomic E-state index is 3.81. The molecular formula is C39H52N2. The molecule has 0 amide bonds. The van der Waals surface area contributed by atoms with E-state index in [2.05, 4.69) is 178 Å². The van der Waals surface area contributed by atoms with Crippen LogP contribution >= 0.6 is 0 Å². The minimum absolute atomic E-state index is 0.0125. The van der Waals surface area contributed by atoms with Gasteiger partial charge in [-0.3, -0.25) is 10.4 Å². The number of allylic oxidation sites excluding steroid dienone is 1. The summed E-state index contributed by atoms with van der Waals surface area (Å²) in [6, 6.07) is 24.5. The van der Waals surface area contributed by atoms with Gasteiger partial charge in [0.25, 0.3) is 0 Å². The quantitative estimate of drug-likeness (QED) is 0.349. The lowest BCUT2D eigenvalue weighted by Crippen LogP contribution is -2.36. The number of benzene rings is 3. The molecule has 1 unspecified atom stereocenters. The van der Waals surface area contributed by atoms with E-state index in [9.17, 15) is 0 Å². The van der Waals surface area contributed by atoms with Gasteiger partial charge in [0.15, 0.2) is 0 Å². The number of hydrazine groups is 1. The number of rotatable bonds is 4. The van der Waals surface area contributed by atoms with E-state index in [0.717, 1.165) is 11.4 Å². The first-order valence-electron chi connectivity index (χ1n) is 15.2. The van der Waals surface area contributed by atoms with Crippen molar-refractivity contribution in [3.05, 3.63) is 118 Å². The first kappa shape index (κ1) is 30.7. The van der Waals surface area contributed by atoms with E-state index in [4.69, 9.17) is 0 Å². The van der Waals surface area contributed by atoms with Crippen LogP contribution in [0.5, 0.6) is 0 Å². The Hall–Kier alpha value is -3.26. The van der Waals surface area contributed by atoms with E-state index in [0.29, 0.717) is 0 Å². The number of hydrogen-bond acceptors (Lipinski definition) is 2. The second-order valence-corrected chi connectivity index (χ2v) is 15.8. The zero-order valence-corrected chi connectivity index (χ0v) is 27.6. The zero-order chi connectivity index (χ0) is 30.4. The number of hydrogen-bond donors (Lipinski definition) is 1. The van der Waals surface area contributed by atoms with Crippen molar-refractivity contribution in [3.8, 4) is 0 Å². The van der Waals surface area contributed by atoms with Gasteiger partial charge in [-0.1, -0.05) is 144 Å². The highest BCUT2D eigenvalue weighted by Crippen LogP contribution is 2.43. The largest absolute Gasteiger partial charge is 0.298 e. The molecule has 1 heterocycles. The van der Waals surface area contributed by atoms with Crippen molar-refractivity contribution in [2.24, 2.45) is 0 Å². The predicted molar refractivity (Wildman–Crippen MR) is 180 cm³/mol. The Bertz CT molecular complexity index is 1360. The summed E-state index contributed by atoms with van der Waals surface area (Å²) in [4.78, 5) is 0.